The Hall–Kier alpha value is -3.38. The summed E-state index contributed by atoms with van der Waals surface area (Å²) >= 11 is 4.56. The van der Waals surface area contributed by atoms with Crippen molar-refractivity contribution in [2.45, 2.75) is 4.90 Å². The van der Waals surface area contributed by atoms with Crippen molar-refractivity contribution >= 4 is 46.1 Å². The Morgan fingerprint density at radius 2 is 1.48 bits per heavy atom. The number of benzene rings is 3. The average Bonchev–Trinajstić information content (AvgIpc) is 3.11. The third-order valence-electron chi connectivity index (χ3n) is 4.46. The molecular formula is C21H15N5S. The Morgan fingerprint density at radius 3 is 2.37 bits per heavy atom. The van der Waals surface area contributed by atoms with Crippen LogP contribution in [-0.4, -0.2) is 20.2 Å². The molecule has 0 unspecified atom stereocenters. The minimum absolute atomic E-state index is 0.627. The molecule has 0 radical (unpaired) electrons. The van der Waals surface area contributed by atoms with Crippen molar-refractivity contribution in [2.75, 3.05) is 5.32 Å². The van der Waals surface area contributed by atoms with Crippen LogP contribution in [0, 0.1) is 0 Å². The molecule has 130 valence electrons. The molecule has 0 saturated carbocycles. The van der Waals surface area contributed by atoms with Crippen LogP contribution in [0.2, 0.25) is 0 Å². The summed E-state index contributed by atoms with van der Waals surface area (Å²) in [5.41, 5.74) is 2.72. The van der Waals surface area contributed by atoms with Crippen molar-refractivity contribution < 1.29 is 0 Å². The van der Waals surface area contributed by atoms with E-state index >= 15 is 0 Å². The summed E-state index contributed by atoms with van der Waals surface area (Å²) < 4.78 is 0. The van der Waals surface area contributed by atoms with Crippen LogP contribution in [0.15, 0.2) is 77.7 Å². The van der Waals surface area contributed by atoms with Crippen LogP contribution in [0.25, 0.3) is 33.2 Å². The first-order chi connectivity index (χ1) is 13.3. The second-order valence-electron chi connectivity index (χ2n) is 6.17. The lowest BCUT2D eigenvalue weighted by Crippen LogP contribution is -2.00. The molecule has 0 bridgehead atoms. The first kappa shape index (κ1) is 15.8. The Kier molecular flexibility index (Phi) is 3.76. The van der Waals surface area contributed by atoms with Crippen LogP contribution in [0.1, 0.15) is 0 Å². The maximum absolute atomic E-state index is 4.79. The summed E-state index contributed by atoms with van der Waals surface area (Å²) in [6, 6.07) is 23.7. The van der Waals surface area contributed by atoms with E-state index in [-0.39, 0.29) is 0 Å². The molecule has 0 spiro atoms. The minimum Gasteiger partial charge on any atom is -0.322 e. The van der Waals surface area contributed by atoms with Gasteiger partial charge in [-0.05, 0) is 30.3 Å². The van der Waals surface area contributed by atoms with Gasteiger partial charge in [0.1, 0.15) is 5.82 Å². The molecular weight excluding hydrogens is 354 g/mol. The monoisotopic (exact) mass is 369 g/mol. The number of nitrogens with one attached hydrogen (secondary N) is 2. The fourth-order valence-corrected chi connectivity index (χ4v) is 3.39. The molecule has 2 heterocycles. The zero-order chi connectivity index (χ0) is 18.2. The number of hydrogen-bond acceptors (Lipinski definition) is 5. The molecule has 27 heavy (non-hydrogen) atoms. The van der Waals surface area contributed by atoms with Gasteiger partial charge in [-0.1, -0.05) is 42.5 Å². The highest BCUT2D eigenvalue weighted by Crippen LogP contribution is 2.31. The smallest absolute Gasteiger partial charge is 0.163 e. The van der Waals surface area contributed by atoms with Crippen LogP contribution in [0.5, 0.6) is 0 Å². The van der Waals surface area contributed by atoms with E-state index in [1.54, 1.807) is 0 Å². The summed E-state index contributed by atoms with van der Waals surface area (Å²) in [5, 5.41) is 12.8. The van der Waals surface area contributed by atoms with Crippen LogP contribution in [0.4, 0.5) is 11.6 Å². The summed E-state index contributed by atoms with van der Waals surface area (Å²) in [7, 11) is 0. The van der Waals surface area contributed by atoms with Crippen molar-refractivity contribution in [1.29, 1.82) is 0 Å². The molecule has 0 aliphatic carbocycles. The van der Waals surface area contributed by atoms with E-state index in [4.69, 9.17) is 9.97 Å². The lowest BCUT2D eigenvalue weighted by molar-refractivity contribution is 1.11. The summed E-state index contributed by atoms with van der Waals surface area (Å²) in [6.07, 6.45) is 0. The molecule has 0 aliphatic rings. The molecule has 2 N–H and O–H groups in total. The predicted molar refractivity (Wildman–Crippen MR) is 112 cm³/mol. The van der Waals surface area contributed by atoms with Crippen LogP contribution in [0.3, 0.4) is 0 Å². The van der Waals surface area contributed by atoms with Gasteiger partial charge in [0.05, 0.1) is 11.0 Å². The molecule has 0 aliphatic heterocycles. The van der Waals surface area contributed by atoms with Crippen LogP contribution < -0.4 is 5.32 Å². The maximum atomic E-state index is 4.79. The molecule has 0 saturated heterocycles. The minimum atomic E-state index is 0.627. The summed E-state index contributed by atoms with van der Waals surface area (Å²) in [4.78, 5) is 10.4. The average molecular weight is 369 g/mol. The van der Waals surface area contributed by atoms with Gasteiger partial charge in [0.25, 0.3) is 0 Å². The molecule has 2 aromatic heterocycles. The number of hydrogen-bond donors (Lipinski definition) is 3. The zero-order valence-corrected chi connectivity index (χ0v) is 15.1. The molecule has 0 fully saturated rings. The van der Waals surface area contributed by atoms with Gasteiger partial charge in [0.15, 0.2) is 11.6 Å². The lowest BCUT2D eigenvalue weighted by Gasteiger charge is -2.11. The molecule has 0 atom stereocenters. The van der Waals surface area contributed by atoms with Gasteiger partial charge in [-0.3, -0.25) is 5.10 Å². The fraction of sp³-hybridized carbons (Fsp3) is 0. The van der Waals surface area contributed by atoms with E-state index in [2.05, 4.69) is 28.1 Å². The number of H-pyrrole nitrogens is 1. The van der Waals surface area contributed by atoms with Gasteiger partial charge in [-0.2, -0.15) is 5.10 Å². The van der Waals surface area contributed by atoms with Crippen molar-refractivity contribution in [2.24, 2.45) is 0 Å². The molecule has 5 nitrogen and oxygen atoms in total. The number of rotatable bonds is 3. The lowest BCUT2D eigenvalue weighted by atomic mass is 10.1. The number of fused-ring (bicyclic) bond motifs is 2. The standard InChI is InChI=1S/C21H15N5S/c27-18-12-6-3-9-15(18)20-22-16-10-4-1-7-13(16)19(23-20)24-21-14-8-2-5-11-17(14)25-26-21/h1-12,27H,(H2,22,23,24,25,26). The normalized spacial score (nSPS) is 11.1. The van der Waals surface area contributed by atoms with Crippen molar-refractivity contribution in [3.05, 3.63) is 72.8 Å². The zero-order valence-electron chi connectivity index (χ0n) is 14.2. The Bertz CT molecular complexity index is 1280. The van der Waals surface area contributed by atoms with Crippen LogP contribution in [-0.2, 0) is 0 Å². The van der Waals surface area contributed by atoms with E-state index in [0.29, 0.717) is 11.6 Å². The second-order valence-corrected chi connectivity index (χ2v) is 6.65. The van der Waals surface area contributed by atoms with E-state index in [0.717, 1.165) is 38.1 Å². The molecule has 3 aromatic carbocycles. The van der Waals surface area contributed by atoms with E-state index in [1.165, 1.54) is 0 Å². The molecule has 5 aromatic rings. The first-order valence-electron chi connectivity index (χ1n) is 8.55. The summed E-state index contributed by atoms with van der Waals surface area (Å²) in [5.74, 6) is 2.07. The number of anilines is 2. The van der Waals surface area contributed by atoms with E-state index in [9.17, 15) is 0 Å². The van der Waals surface area contributed by atoms with Gasteiger partial charge in [0.2, 0.25) is 0 Å². The van der Waals surface area contributed by atoms with Crippen molar-refractivity contribution in [1.82, 2.24) is 20.2 Å². The third kappa shape index (κ3) is 2.80. The van der Waals surface area contributed by atoms with E-state index in [1.807, 2.05) is 72.8 Å². The molecule has 0 amide bonds. The molecule has 5 rings (SSSR count). The van der Waals surface area contributed by atoms with E-state index < -0.39 is 0 Å². The predicted octanol–water partition coefficient (Wildman–Crippen LogP) is 5.21. The highest BCUT2D eigenvalue weighted by atomic mass is 32.1. The second kappa shape index (κ2) is 6.41. The number of aromatic nitrogens is 4. The first-order valence-corrected chi connectivity index (χ1v) is 8.99. The van der Waals surface area contributed by atoms with Gasteiger partial charge < -0.3 is 5.32 Å². The number of nitrogens with zero attached hydrogens (tertiary/aromatic N) is 3. The maximum Gasteiger partial charge on any atom is 0.163 e. The SMILES string of the molecule is Sc1ccccc1-c1nc(Nc2n[nH]c3ccccc23)c2ccccc2n1. The number of thiol groups is 1. The van der Waals surface area contributed by atoms with Crippen LogP contribution >= 0.6 is 12.6 Å². The molecule has 6 heteroatoms. The van der Waals surface area contributed by atoms with Gasteiger partial charge >= 0.3 is 0 Å². The van der Waals surface area contributed by atoms with Crippen molar-refractivity contribution in [3.8, 4) is 11.4 Å². The van der Waals surface area contributed by atoms with Gasteiger partial charge in [0, 0.05) is 21.2 Å². The number of para-hydroxylation sites is 2. The van der Waals surface area contributed by atoms with Gasteiger partial charge in [-0.25, -0.2) is 9.97 Å². The topological polar surface area (TPSA) is 66.5 Å². The summed E-state index contributed by atoms with van der Waals surface area (Å²) in [6.45, 7) is 0. The Balaban J connectivity index is 1.70. The van der Waals surface area contributed by atoms with Crippen molar-refractivity contribution in [3.63, 3.8) is 0 Å². The Labute approximate surface area is 160 Å². The third-order valence-corrected chi connectivity index (χ3v) is 4.85. The van der Waals surface area contributed by atoms with Gasteiger partial charge in [-0.15, -0.1) is 12.6 Å². The Morgan fingerprint density at radius 1 is 0.741 bits per heavy atom. The number of aromatic amines is 1. The fourth-order valence-electron chi connectivity index (χ4n) is 3.13. The largest absolute Gasteiger partial charge is 0.322 e. The highest BCUT2D eigenvalue weighted by molar-refractivity contribution is 7.80. The quantitative estimate of drug-likeness (QED) is 0.382. The highest BCUT2D eigenvalue weighted by Gasteiger charge is 2.13.